The molecule has 1 saturated heterocycles. The highest BCUT2D eigenvalue weighted by molar-refractivity contribution is 5.75. The first-order chi connectivity index (χ1) is 10.7. The normalized spacial score (nSPS) is 22.3. The summed E-state index contributed by atoms with van der Waals surface area (Å²) in [4.78, 5) is 14.2. The van der Waals surface area contributed by atoms with Crippen molar-refractivity contribution in [3.63, 3.8) is 0 Å². The van der Waals surface area contributed by atoms with Gasteiger partial charge in [-0.3, -0.25) is 0 Å². The molecule has 22 heavy (non-hydrogen) atoms. The van der Waals surface area contributed by atoms with E-state index in [1.54, 1.807) is 11.0 Å². The summed E-state index contributed by atoms with van der Waals surface area (Å²) in [6, 6.07) is 4.71. The molecule has 1 aliphatic heterocycles. The smallest absolute Gasteiger partial charge is 0.317 e. The Hall–Kier alpha value is -1.62. The number of benzene rings is 1. The SMILES string of the molecule is O=C(NC1CCCc2ccc(F)cc21)N1CCC(CO)CC1. The number of likely N-dealkylation sites (tertiary alicyclic amines) is 1. The van der Waals surface area contributed by atoms with Gasteiger partial charge >= 0.3 is 6.03 Å². The molecule has 1 aliphatic carbocycles. The molecule has 1 atom stereocenters. The second-order valence-electron chi connectivity index (χ2n) is 6.35. The van der Waals surface area contributed by atoms with E-state index in [4.69, 9.17) is 5.11 Å². The summed E-state index contributed by atoms with van der Waals surface area (Å²) in [5, 5.41) is 12.2. The minimum Gasteiger partial charge on any atom is -0.396 e. The Labute approximate surface area is 130 Å². The van der Waals surface area contributed by atoms with Crippen LogP contribution in [0.5, 0.6) is 0 Å². The highest BCUT2D eigenvalue weighted by atomic mass is 19.1. The van der Waals surface area contributed by atoms with Gasteiger partial charge in [-0.1, -0.05) is 6.07 Å². The van der Waals surface area contributed by atoms with E-state index in [2.05, 4.69) is 5.32 Å². The third-order valence-electron chi connectivity index (χ3n) is 4.88. The van der Waals surface area contributed by atoms with Crippen molar-refractivity contribution in [1.29, 1.82) is 0 Å². The first-order valence-electron chi connectivity index (χ1n) is 8.12. The highest BCUT2D eigenvalue weighted by Gasteiger charge is 2.26. The van der Waals surface area contributed by atoms with Crippen LogP contribution < -0.4 is 5.32 Å². The Kier molecular flexibility index (Phi) is 4.62. The Morgan fingerprint density at radius 1 is 1.32 bits per heavy atom. The van der Waals surface area contributed by atoms with Crippen molar-refractivity contribution >= 4 is 6.03 Å². The molecule has 2 aliphatic rings. The van der Waals surface area contributed by atoms with Gasteiger partial charge in [-0.05, 0) is 61.3 Å². The minimum absolute atomic E-state index is 0.0708. The maximum Gasteiger partial charge on any atom is 0.317 e. The minimum atomic E-state index is -0.247. The number of fused-ring (bicyclic) bond motifs is 1. The number of hydrogen-bond donors (Lipinski definition) is 2. The van der Waals surface area contributed by atoms with Crippen molar-refractivity contribution in [1.82, 2.24) is 10.2 Å². The zero-order chi connectivity index (χ0) is 15.5. The van der Waals surface area contributed by atoms with Crippen LogP contribution in [0.1, 0.15) is 42.9 Å². The predicted octanol–water partition coefficient (Wildman–Crippen LogP) is 2.62. The molecule has 120 valence electrons. The molecule has 1 heterocycles. The van der Waals surface area contributed by atoms with Crippen molar-refractivity contribution in [2.24, 2.45) is 5.92 Å². The third kappa shape index (κ3) is 3.24. The number of nitrogens with one attached hydrogen (secondary N) is 1. The Morgan fingerprint density at radius 3 is 2.82 bits per heavy atom. The summed E-state index contributed by atoms with van der Waals surface area (Å²) in [5.41, 5.74) is 2.06. The van der Waals surface area contributed by atoms with E-state index in [1.165, 1.54) is 6.07 Å². The molecule has 1 unspecified atom stereocenters. The number of aliphatic hydroxyl groups is 1. The number of aryl methyl sites for hydroxylation is 1. The van der Waals surface area contributed by atoms with Crippen LogP contribution in [-0.2, 0) is 6.42 Å². The van der Waals surface area contributed by atoms with E-state index in [9.17, 15) is 9.18 Å². The van der Waals surface area contributed by atoms with Gasteiger partial charge in [-0.25, -0.2) is 9.18 Å². The quantitative estimate of drug-likeness (QED) is 0.882. The van der Waals surface area contributed by atoms with Crippen molar-refractivity contribution in [2.75, 3.05) is 19.7 Å². The number of halogens is 1. The summed E-state index contributed by atoms with van der Waals surface area (Å²) >= 11 is 0. The Balaban J connectivity index is 1.64. The topological polar surface area (TPSA) is 52.6 Å². The molecule has 0 saturated carbocycles. The lowest BCUT2D eigenvalue weighted by Crippen LogP contribution is -2.46. The van der Waals surface area contributed by atoms with Crippen LogP contribution >= 0.6 is 0 Å². The Bertz CT molecular complexity index is 541. The fraction of sp³-hybridized carbons (Fsp3) is 0.588. The van der Waals surface area contributed by atoms with Crippen molar-refractivity contribution in [3.8, 4) is 0 Å². The van der Waals surface area contributed by atoms with Crippen LogP contribution in [0.3, 0.4) is 0 Å². The molecular formula is C17H23FN2O2. The standard InChI is InChI=1S/C17H23FN2O2/c18-14-5-4-13-2-1-3-16(15(13)10-14)19-17(22)20-8-6-12(11-21)7-9-20/h4-5,10,12,16,21H,1-3,6-9,11H2,(H,19,22). The molecular weight excluding hydrogens is 283 g/mol. The number of amides is 2. The number of rotatable bonds is 2. The number of carbonyl (C=O) groups excluding carboxylic acids is 1. The summed E-state index contributed by atoms with van der Waals surface area (Å²) in [5.74, 6) is 0.0669. The largest absolute Gasteiger partial charge is 0.396 e. The third-order valence-corrected chi connectivity index (χ3v) is 4.88. The number of nitrogens with zero attached hydrogens (tertiary/aromatic N) is 1. The predicted molar refractivity (Wildman–Crippen MR) is 82.0 cm³/mol. The lowest BCUT2D eigenvalue weighted by atomic mass is 9.87. The van der Waals surface area contributed by atoms with Crippen LogP contribution in [0, 0.1) is 11.7 Å². The molecule has 0 radical (unpaired) electrons. The molecule has 0 bridgehead atoms. The number of piperidine rings is 1. The summed E-state index contributed by atoms with van der Waals surface area (Å²) in [6.45, 7) is 1.56. The molecule has 0 spiro atoms. The molecule has 5 heteroatoms. The molecule has 1 fully saturated rings. The zero-order valence-corrected chi connectivity index (χ0v) is 12.7. The summed E-state index contributed by atoms with van der Waals surface area (Å²) < 4.78 is 13.5. The van der Waals surface area contributed by atoms with E-state index in [0.717, 1.165) is 43.2 Å². The van der Waals surface area contributed by atoms with E-state index in [1.807, 2.05) is 6.07 Å². The van der Waals surface area contributed by atoms with Crippen molar-refractivity contribution < 1.29 is 14.3 Å². The second kappa shape index (κ2) is 6.65. The molecule has 3 rings (SSSR count). The average molecular weight is 306 g/mol. The molecule has 2 N–H and O–H groups in total. The summed E-state index contributed by atoms with van der Waals surface area (Å²) in [6.07, 6.45) is 4.51. The molecule has 1 aromatic carbocycles. The fourth-order valence-electron chi connectivity index (χ4n) is 3.48. The van der Waals surface area contributed by atoms with Gasteiger partial charge < -0.3 is 15.3 Å². The molecule has 2 amide bonds. The van der Waals surface area contributed by atoms with E-state index < -0.39 is 0 Å². The molecule has 4 nitrogen and oxygen atoms in total. The first-order valence-corrected chi connectivity index (χ1v) is 8.12. The number of urea groups is 1. The number of hydrogen-bond acceptors (Lipinski definition) is 2. The van der Waals surface area contributed by atoms with E-state index >= 15 is 0 Å². The van der Waals surface area contributed by atoms with Gasteiger partial charge in [-0.15, -0.1) is 0 Å². The van der Waals surface area contributed by atoms with Crippen LogP contribution in [0.15, 0.2) is 18.2 Å². The lowest BCUT2D eigenvalue weighted by Gasteiger charge is -2.34. The van der Waals surface area contributed by atoms with Crippen LogP contribution in [0.25, 0.3) is 0 Å². The maximum absolute atomic E-state index is 13.5. The van der Waals surface area contributed by atoms with E-state index in [0.29, 0.717) is 19.0 Å². The maximum atomic E-state index is 13.5. The van der Waals surface area contributed by atoms with Gasteiger partial charge in [0.1, 0.15) is 5.82 Å². The average Bonchev–Trinajstić information content (AvgIpc) is 2.55. The molecule has 0 aromatic heterocycles. The van der Waals surface area contributed by atoms with Gasteiger partial charge in [0.2, 0.25) is 0 Å². The lowest BCUT2D eigenvalue weighted by molar-refractivity contribution is 0.135. The van der Waals surface area contributed by atoms with Gasteiger partial charge in [0.05, 0.1) is 6.04 Å². The Morgan fingerprint density at radius 2 is 2.09 bits per heavy atom. The monoisotopic (exact) mass is 306 g/mol. The highest BCUT2D eigenvalue weighted by Crippen LogP contribution is 2.30. The van der Waals surface area contributed by atoms with Gasteiger partial charge in [-0.2, -0.15) is 0 Å². The van der Waals surface area contributed by atoms with Crippen LogP contribution in [0.2, 0.25) is 0 Å². The van der Waals surface area contributed by atoms with Gasteiger partial charge in [0.15, 0.2) is 0 Å². The van der Waals surface area contributed by atoms with Crippen molar-refractivity contribution in [3.05, 3.63) is 35.1 Å². The van der Waals surface area contributed by atoms with E-state index in [-0.39, 0.29) is 24.5 Å². The fourth-order valence-corrected chi connectivity index (χ4v) is 3.48. The van der Waals surface area contributed by atoms with Crippen LogP contribution in [-0.4, -0.2) is 35.7 Å². The zero-order valence-electron chi connectivity index (χ0n) is 12.7. The number of carbonyl (C=O) groups is 1. The van der Waals surface area contributed by atoms with Crippen LogP contribution in [0.4, 0.5) is 9.18 Å². The first kappa shape index (κ1) is 15.3. The van der Waals surface area contributed by atoms with Crippen molar-refractivity contribution in [2.45, 2.75) is 38.1 Å². The van der Waals surface area contributed by atoms with Gasteiger partial charge in [0, 0.05) is 19.7 Å². The summed E-state index contributed by atoms with van der Waals surface area (Å²) in [7, 11) is 0. The molecule has 1 aromatic rings. The number of aliphatic hydroxyl groups excluding tert-OH is 1. The van der Waals surface area contributed by atoms with Gasteiger partial charge in [0.25, 0.3) is 0 Å². The second-order valence-corrected chi connectivity index (χ2v) is 6.35.